The van der Waals surface area contributed by atoms with Gasteiger partial charge in [-0.15, -0.1) is 0 Å². The van der Waals surface area contributed by atoms with Crippen molar-refractivity contribution in [3.63, 3.8) is 0 Å². The standard InChI is InChI=1S/C37H32F3N3O7/c1-4-49-35(48)36(29-12-8-7-11-27(29)33(46)42-36)21-50-31(44)20-22-13-18-30(28(19-22)34(47)43(2)3)41-32(45)26-10-6-5-9-25(26)23-14-16-24(17-15-23)37(38,39)40/h5-19H,4,20-21H2,1-3H3,(H,41,45)(H,42,46). The topological polar surface area (TPSA) is 131 Å². The Balaban J connectivity index is 1.36. The molecule has 1 atom stereocenters. The van der Waals surface area contributed by atoms with Crippen molar-refractivity contribution in [2.45, 2.75) is 25.1 Å². The predicted molar refractivity (Wildman–Crippen MR) is 176 cm³/mol. The van der Waals surface area contributed by atoms with Crippen LogP contribution in [0.2, 0.25) is 0 Å². The summed E-state index contributed by atoms with van der Waals surface area (Å²) in [6.45, 7) is 1.10. The Hall–Kier alpha value is -5.98. The van der Waals surface area contributed by atoms with E-state index in [2.05, 4.69) is 10.6 Å². The van der Waals surface area contributed by atoms with Crippen LogP contribution in [0.4, 0.5) is 18.9 Å². The van der Waals surface area contributed by atoms with Crippen LogP contribution < -0.4 is 10.6 Å². The SMILES string of the molecule is CCOC(=O)C1(COC(=O)Cc2ccc(NC(=O)c3ccccc3-c3ccc(C(F)(F)F)cc3)c(C(=O)N(C)C)c2)NC(=O)c2ccccc21. The molecule has 5 rings (SSSR count). The van der Waals surface area contributed by atoms with E-state index in [1.54, 1.807) is 49.4 Å². The predicted octanol–water partition coefficient (Wildman–Crippen LogP) is 5.61. The van der Waals surface area contributed by atoms with Gasteiger partial charge in [0.15, 0.2) is 5.54 Å². The van der Waals surface area contributed by atoms with Crippen molar-refractivity contribution in [3.05, 3.63) is 124 Å². The highest BCUT2D eigenvalue weighted by Gasteiger charge is 2.51. The molecule has 50 heavy (non-hydrogen) atoms. The molecule has 1 aliphatic heterocycles. The summed E-state index contributed by atoms with van der Waals surface area (Å²) in [4.78, 5) is 66.8. The van der Waals surface area contributed by atoms with Crippen molar-refractivity contribution in [3.8, 4) is 11.1 Å². The van der Waals surface area contributed by atoms with Crippen molar-refractivity contribution in [1.29, 1.82) is 0 Å². The average Bonchev–Trinajstić information content (AvgIpc) is 3.39. The first-order valence-electron chi connectivity index (χ1n) is 15.4. The summed E-state index contributed by atoms with van der Waals surface area (Å²) in [7, 11) is 3.02. The number of nitrogens with zero attached hydrogens (tertiary/aromatic N) is 1. The maximum absolute atomic E-state index is 13.5. The maximum atomic E-state index is 13.5. The fourth-order valence-electron chi connectivity index (χ4n) is 5.57. The monoisotopic (exact) mass is 687 g/mol. The molecule has 0 saturated heterocycles. The molecular formula is C37H32F3N3O7. The summed E-state index contributed by atoms with van der Waals surface area (Å²) in [5, 5.41) is 5.33. The number of hydrogen-bond acceptors (Lipinski definition) is 7. The fraction of sp³-hybridized carbons (Fsp3) is 0.216. The van der Waals surface area contributed by atoms with Gasteiger partial charge in [-0.1, -0.05) is 54.6 Å². The molecule has 1 unspecified atom stereocenters. The van der Waals surface area contributed by atoms with Gasteiger partial charge in [0.05, 0.1) is 29.8 Å². The summed E-state index contributed by atoms with van der Waals surface area (Å²) in [6, 6.07) is 21.6. The van der Waals surface area contributed by atoms with Crippen molar-refractivity contribution < 1.29 is 46.6 Å². The van der Waals surface area contributed by atoms with Gasteiger partial charge in [-0.25, -0.2) is 4.79 Å². The van der Waals surface area contributed by atoms with Gasteiger partial charge in [-0.2, -0.15) is 13.2 Å². The number of carbonyl (C=O) groups excluding carboxylic acids is 5. The fourth-order valence-corrected chi connectivity index (χ4v) is 5.57. The molecule has 0 aliphatic carbocycles. The number of rotatable bonds is 10. The lowest BCUT2D eigenvalue weighted by Gasteiger charge is -2.27. The minimum atomic E-state index is -4.52. The lowest BCUT2D eigenvalue weighted by Crippen LogP contribution is -2.51. The van der Waals surface area contributed by atoms with Crippen LogP contribution >= 0.6 is 0 Å². The molecule has 0 aromatic heterocycles. The van der Waals surface area contributed by atoms with E-state index in [1.807, 2.05) is 0 Å². The Labute approximate surface area is 285 Å². The molecule has 2 N–H and O–H groups in total. The van der Waals surface area contributed by atoms with Crippen molar-refractivity contribution in [2.24, 2.45) is 0 Å². The van der Waals surface area contributed by atoms with E-state index in [-0.39, 0.29) is 35.4 Å². The molecule has 1 aliphatic rings. The molecule has 10 nitrogen and oxygen atoms in total. The normalized spacial score (nSPS) is 15.0. The molecule has 4 aromatic carbocycles. The van der Waals surface area contributed by atoms with Crippen LogP contribution in [0.15, 0.2) is 91.0 Å². The van der Waals surface area contributed by atoms with Gasteiger partial charge in [-0.3, -0.25) is 19.2 Å². The van der Waals surface area contributed by atoms with Gasteiger partial charge in [0, 0.05) is 30.8 Å². The Morgan fingerprint density at radius 2 is 1.50 bits per heavy atom. The molecule has 0 fully saturated rings. The summed E-state index contributed by atoms with van der Waals surface area (Å²) in [5.74, 6) is -3.18. The molecule has 0 saturated carbocycles. The van der Waals surface area contributed by atoms with E-state index >= 15 is 0 Å². The van der Waals surface area contributed by atoms with Crippen molar-refractivity contribution >= 4 is 35.3 Å². The van der Waals surface area contributed by atoms with Gasteiger partial charge in [0.1, 0.15) is 6.61 Å². The van der Waals surface area contributed by atoms with Gasteiger partial charge in [0.25, 0.3) is 17.7 Å². The van der Waals surface area contributed by atoms with Crippen LogP contribution in [0, 0.1) is 0 Å². The summed E-state index contributed by atoms with van der Waals surface area (Å²) in [6.07, 6.45) is -4.84. The highest BCUT2D eigenvalue weighted by molar-refractivity contribution is 6.12. The van der Waals surface area contributed by atoms with Crippen molar-refractivity contribution in [2.75, 3.05) is 32.6 Å². The number of ether oxygens (including phenoxy) is 2. The molecule has 258 valence electrons. The van der Waals surface area contributed by atoms with Gasteiger partial charge < -0.3 is 25.0 Å². The summed E-state index contributed by atoms with van der Waals surface area (Å²) in [5.41, 5.74) is -0.557. The Bertz CT molecular complexity index is 1980. The van der Waals surface area contributed by atoms with E-state index in [0.29, 0.717) is 22.3 Å². The number of alkyl halides is 3. The number of amides is 3. The number of halogens is 3. The van der Waals surface area contributed by atoms with Gasteiger partial charge >= 0.3 is 18.1 Å². The highest BCUT2D eigenvalue weighted by Crippen LogP contribution is 2.34. The third kappa shape index (κ3) is 7.21. The first-order valence-corrected chi connectivity index (χ1v) is 15.4. The Morgan fingerprint density at radius 1 is 0.840 bits per heavy atom. The number of fused-ring (bicyclic) bond motifs is 1. The second-order valence-electron chi connectivity index (χ2n) is 11.6. The van der Waals surface area contributed by atoms with Crippen LogP contribution in [-0.2, 0) is 37.2 Å². The highest BCUT2D eigenvalue weighted by atomic mass is 19.4. The Kier molecular flexibility index (Phi) is 10.1. The van der Waals surface area contributed by atoms with Crippen LogP contribution in [0.1, 0.15) is 54.7 Å². The molecule has 0 spiro atoms. The third-order valence-corrected chi connectivity index (χ3v) is 8.04. The largest absolute Gasteiger partial charge is 0.464 e. The minimum absolute atomic E-state index is 0.0266. The zero-order chi connectivity index (χ0) is 36.2. The molecule has 13 heteroatoms. The number of carbonyl (C=O) groups is 5. The van der Waals surface area contributed by atoms with Crippen LogP contribution in [-0.4, -0.2) is 61.9 Å². The lowest BCUT2D eigenvalue weighted by molar-refractivity contribution is -0.158. The second kappa shape index (κ2) is 14.2. The molecule has 0 radical (unpaired) electrons. The molecule has 3 amide bonds. The van der Waals surface area contributed by atoms with E-state index in [4.69, 9.17) is 9.47 Å². The molecule has 1 heterocycles. The van der Waals surface area contributed by atoms with E-state index < -0.39 is 53.5 Å². The van der Waals surface area contributed by atoms with Gasteiger partial charge in [0.2, 0.25) is 0 Å². The zero-order valence-electron chi connectivity index (χ0n) is 27.2. The van der Waals surface area contributed by atoms with Gasteiger partial charge in [-0.05, 0) is 60.0 Å². The van der Waals surface area contributed by atoms with Crippen LogP contribution in [0.3, 0.4) is 0 Å². The Morgan fingerprint density at radius 3 is 2.16 bits per heavy atom. The average molecular weight is 688 g/mol. The van der Waals surface area contributed by atoms with E-state index in [0.717, 1.165) is 12.1 Å². The summed E-state index contributed by atoms with van der Waals surface area (Å²) >= 11 is 0. The number of benzene rings is 4. The smallest absolute Gasteiger partial charge is 0.416 e. The molecule has 0 bridgehead atoms. The minimum Gasteiger partial charge on any atom is -0.464 e. The molecule has 4 aromatic rings. The zero-order valence-corrected chi connectivity index (χ0v) is 27.2. The third-order valence-electron chi connectivity index (χ3n) is 8.04. The summed E-state index contributed by atoms with van der Waals surface area (Å²) < 4.78 is 50.1. The van der Waals surface area contributed by atoms with E-state index in [9.17, 15) is 37.1 Å². The maximum Gasteiger partial charge on any atom is 0.416 e. The first kappa shape index (κ1) is 35.3. The second-order valence-corrected chi connectivity index (χ2v) is 11.6. The van der Waals surface area contributed by atoms with Crippen LogP contribution in [0.25, 0.3) is 11.1 Å². The molecular weight excluding hydrogens is 655 g/mol. The first-order chi connectivity index (χ1) is 23.7. The lowest BCUT2D eigenvalue weighted by atomic mass is 9.91. The number of hydrogen-bond donors (Lipinski definition) is 2. The number of esters is 2. The van der Waals surface area contributed by atoms with Crippen molar-refractivity contribution in [1.82, 2.24) is 10.2 Å². The van der Waals surface area contributed by atoms with Crippen LogP contribution in [0.5, 0.6) is 0 Å². The number of anilines is 1. The number of nitrogens with one attached hydrogen (secondary N) is 2. The van der Waals surface area contributed by atoms with E-state index in [1.165, 1.54) is 55.4 Å². The quantitative estimate of drug-likeness (QED) is 0.207.